The maximum atomic E-state index is 11.8. The standard InChI is InChI=1S/C14H16N2O2/c1-18-12-4-2-3-11-9(8-15-14(11)12)7-13(17)16-10-5-6-10/h2-4,8,10,15H,5-7H2,1H3,(H,16,17). The minimum atomic E-state index is 0.0984. The van der Waals surface area contributed by atoms with Crippen molar-refractivity contribution in [2.24, 2.45) is 0 Å². The molecule has 1 aromatic carbocycles. The first kappa shape index (κ1) is 11.1. The second-order valence-electron chi connectivity index (χ2n) is 4.72. The molecule has 2 aromatic rings. The molecule has 0 spiro atoms. The van der Waals surface area contributed by atoms with Gasteiger partial charge >= 0.3 is 0 Å². The van der Waals surface area contributed by atoms with Crippen LogP contribution in [0.1, 0.15) is 18.4 Å². The van der Waals surface area contributed by atoms with Gasteiger partial charge in [0.25, 0.3) is 0 Å². The van der Waals surface area contributed by atoms with Gasteiger partial charge in [0.05, 0.1) is 19.0 Å². The summed E-state index contributed by atoms with van der Waals surface area (Å²) in [5, 5.41) is 4.06. The van der Waals surface area contributed by atoms with Crippen LogP contribution in [-0.4, -0.2) is 24.0 Å². The number of methoxy groups -OCH3 is 1. The normalized spacial score (nSPS) is 14.7. The van der Waals surface area contributed by atoms with Crippen LogP contribution in [0.5, 0.6) is 5.75 Å². The number of H-pyrrole nitrogens is 1. The van der Waals surface area contributed by atoms with E-state index in [0.29, 0.717) is 12.5 Å². The molecule has 0 unspecified atom stereocenters. The van der Waals surface area contributed by atoms with Crippen LogP contribution in [0.25, 0.3) is 10.9 Å². The van der Waals surface area contributed by atoms with E-state index in [2.05, 4.69) is 10.3 Å². The number of fused-ring (bicyclic) bond motifs is 1. The molecule has 1 amide bonds. The monoisotopic (exact) mass is 244 g/mol. The first-order chi connectivity index (χ1) is 8.78. The van der Waals surface area contributed by atoms with Crippen LogP contribution in [0.4, 0.5) is 0 Å². The van der Waals surface area contributed by atoms with E-state index in [4.69, 9.17) is 4.74 Å². The van der Waals surface area contributed by atoms with Crippen molar-refractivity contribution < 1.29 is 9.53 Å². The lowest BCUT2D eigenvalue weighted by atomic mass is 10.1. The minimum absolute atomic E-state index is 0.0984. The van der Waals surface area contributed by atoms with Crippen LogP contribution >= 0.6 is 0 Å². The van der Waals surface area contributed by atoms with E-state index in [9.17, 15) is 4.79 Å². The number of nitrogens with one attached hydrogen (secondary N) is 2. The average molecular weight is 244 g/mol. The fourth-order valence-electron chi connectivity index (χ4n) is 2.18. The van der Waals surface area contributed by atoms with Crippen LogP contribution in [0, 0.1) is 0 Å². The molecule has 0 radical (unpaired) electrons. The van der Waals surface area contributed by atoms with Gasteiger partial charge in [0, 0.05) is 17.6 Å². The Morgan fingerprint density at radius 1 is 1.50 bits per heavy atom. The molecular weight excluding hydrogens is 228 g/mol. The molecule has 18 heavy (non-hydrogen) atoms. The van der Waals surface area contributed by atoms with Crippen LogP contribution < -0.4 is 10.1 Å². The van der Waals surface area contributed by atoms with Crippen molar-refractivity contribution in [3.05, 3.63) is 30.0 Å². The highest BCUT2D eigenvalue weighted by Crippen LogP contribution is 2.27. The Morgan fingerprint density at radius 3 is 3.06 bits per heavy atom. The lowest BCUT2D eigenvalue weighted by molar-refractivity contribution is -0.120. The number of carbonyl (C=O) groups is 1. The number of aromatic amines is 1. The van der Waals surface area contributed by atoms with Crippen molar-refractivity contribution in [2.75, 3.05) is 7.11 Å². The smallest absolute Gasteiger partial charge is 0.224 e. The molecule has 1 fully saturated rings. The maximum Gasteiger partial charge on any atom is 0.224 e. The molecule has 1 heterocycles. The third kappa shape index (κ3) is 2.06. The van der Waals surface area contributed by atoms with Crippen molar-refractivity contribution in [1.82, 2.24) is 10.3 Å². The molecule has 4 heteroatoms. The summed E-state index contributed by atoms with van der Waals surface area (Å²) in [5.41, 5.74) is 1.97. The molecule has 0 bridgehead atoms. The highest BCUT2D eigenvalue weighted by molar-refractivity contribution is 5.92. The minimum Gasteiger partial charge on any atom is -0.495 e. The second-order valence-corrected chi connectivity index (χ2v) is 4.72. The van der Waals surface area contributed by atoms with E-state index >= 15 is 0 Å². The van der Waals surface area contributed by atoms with Crippen molar-refractivity contribution in [1.29, 1.82) is 0 Å². The molecular formula is C14H16N2O2. The zero-order valence-corrected chi connectivity index (χ0v) is 10.3. The van der Waals surface area contributed by atoms with Gasteiger partial charge in [-0.15, -0.1) is 0 Å². The summed E-state index contributed by atoms with van der Waals surface area (Å²) in [6.45, 7) is 0. The third-order valence-corrected chi connectivity index (χ3v) is 3.28. The molecule has 1 aliphatic carbocycles. The highest BCUT2D eigenvalue weighted by Gasteiger charge is 2.23. The Kier molecular flexibility index (Phi) is 2.70. The molecule has 4 nitrogen and oxygen atoms in total. The zero-order valence-electron chi connectivity index (χ0n) is 10.3. The lowest BCUT2D eigenvalue weighted by Gasteiger charge is -2.03. The Morgan fingerprint density at radius 2 is 2.33 bits per heavy atom. The van der Waals surface area contributed by atoms with Crippen LogP contribution in [0.2, 0.25) is 0 Å². The Labute approximate surface area is 105 Å². The number of benzene rings is 1. The molecule has 1 aromatic heterocycles. The highest BCUT2D eigenvalue weighted by atomic mass is 16.5. The first-order valence-corrected chi connectivity index (χ1v) is 6.20. The molecule has 1 aliphatic rings. The van der Waals surface area contributed by atoms with Crippen molar-refractivity contribution in [2.45, 2.75) is 25.3 Å². The molecule has 0 aliphatic heterocycles. The summed E-state index contributed by atoms with van der Waals surface area (Å²) < 4.78 is 5.29. The molecule has 0 atom stereocenters. The van der Waals surface area contributed by atoms with E-state index in [1.165, 1.54) is 0 Å². The molecule has 1 saturated carbocycles. The number of rotatable bonds is 4. The number of amides is 1. The van der Waals surface area contributed by atoms with E-state index in [1.807, 2.05) is 24.4 Å². The van der Waals surface area contributed by atoms with Gasteiger partial charge in [0.15, 0.2) is 0 Å². The number of hydrogen-bond donors (Lipinski definition) is 2. The van der Waals surface area contributed by atoms with Gasteiger partial charge in [-0.3, -0.25) is 4.79 Å². The third-order valence-electron chi connectivity index (χ3n) is 3.28. The number of ether oxygens (including phenoxy) is 1. The van der Waals surface area contributed by atoms with E-state index < -0.39 is 0 Å². The number of carbonyl (C=O) groups excluding carboxylic acids is 1. The van der Waals surface area contributed by atoms with Gasteiger partial charge in [0.2, 0.25) is 5.91 Å². The van der Waals surface area contributed by atoms with Crippen molar-refractivity contribution in [3.8, 4) is 5.75 Å². The van der Waals surface area contributed by atoms with Gasteiger partial charge in [-0.2, -0.15) is 0 Å². The predicted molar refractivity (Wildman–Crippen MR) is 69.7 cm³/mol. The summed E-state index contributed by atoms with van der Waals surface area (Å²) in [7, 11) is 1.65. The van der Waals surface area contributed by atoms with Gasteiger partial charge in [0.1, 0.15) is 5.75 Å². The summed E-state index contributed by atoms with van der Waals surface area (Å²) in [6.07, 6.45) is 4.55. The molecule has 94 valence electrons. The maximum absolute atomic E-state index is 11.8. The quantitative estimate of drug-likeness (QED) is 0.864. The van der Waals surface area contributed by atoms with Crippen LogP contribution in [0.3, 0.4) is 0 Å². The van der Waals surface area contributed by atoms with Gasteiger partial charge in [-0.05, 0) is 24.5 Å². The summed E-state index contributed by atoms with van der Waals surface area (Å²) in [6, 6.07) is 6.27. The fraction of sp³-hybridized carbons (Fsp3) is 0.357. The SMILES string of the molecule is COc1cccc2c(CC(=O)NC3CC3)c[nH]c12. The second kappa shape index (κ2) is 4.37. The molecule has 3 rings (SSSR count). The van der Waals surface area contributed by atoms with Gasteiger partial charge in [-0.1, -0.05) is 12.1 Å². The Balaban J connectivity index is 1.85. The summed E-state index contributed by atoms with van der Waals surface area (Å²) >= 11 is 0. The first-order valence-electron chi connectivity index (χ1n) is 6.20. The lowest BCUT2D eigenvalue weighted by Crippen LogP contribution is -2.26. The Hall–Kier alpha value is -1.97. The average Bonchev–Trinajstić information content (AvgIpc) is 3.09. The van der Waals surface area contributed by atoms with Gasteiger partial charge in [-0.25, -0.2) is 0 Å². The van der Waals surface area contributed by atoms with Crippen molar-refractivity contribution in [3.63, 3.8) is 0 Å². The summed E-state index contributed by atoms with van der Waals surface area (Å²) in [4.78, 5) is 15.0. The topological polar surface area (TPSA) is 54.1 Å². The van der Waals surface area contributed by atoms with E-state index in [1.54, 1.807) is 7.11 Å². The zero-order chi connectivity index (χ0) is 12.5. The number of aromatic nitrogens is 1. The largest absolute Gasteiger partial charge is 0.495 e. The summed E-state index contributed by atoms with van der Waals surface area (Å²) in [5.74, 6) is 0.905. The van der Waals surface area contributed by atoms with Crippen LogP contribution in [-0.2, 0) is 11.2 Å². The van der Waals surface area contributed by atoms with E-state index in [0.717, 1.165) is 35.1 Å². The Bertz CT molecular complexity index is 584. The molecule has 2 N–H and O–H groups in total. The number of hydrogen-bond acceptors (Lipinski definition) is 2. The predicted octanol–water partition coefficient (Wildman–Crippen LogP) is 2.00. The van der Waals surface area contributed by atoms with E-state index in [-0.39, 0.29) is 5.91 Å². The number of para-hydroxylation sites is 1. The van der Waals surface area contributed by atoms with Gasteiger partial charge < -0.3 is 15.0 Å². The van der Waals surface area contributed by atoms with Crippen molar-refractivity contribution >= 4 is 16.8 Å². The molecule has 0 saturated heterocycles. The van der Waals surface area contributed by atoms with Crippen LogP contribution in [0.15, 0.2) is 24.4 Å². The fourth-order valence-corrected chi connectivity index (χ4v) is 2.18.